The van der Waals surface area contributed by atoms with E-state index in [-0.39, 0.29) is 11.9 Å². The van der Waals surface area contributed by atoms with Crippen LogP contribution in [-0.2, 0) is 21.2 Å². The first-order chi connectivity index (χ1) is 10.8. The summed E-state index contributed by atoms with van der Waals surface area (Å²) in [6, 6.07) is 5.06. The maximum Gasteiger partial charge on any atom is 0.251 e. The Kier molecular flexibility index (Phi) is 5.64. The average Bonchev–Trinajstić information content (AvgIpc) is 2.81. The van der Waals surface area contributed by atoms with E-state index in [0.717, 1.165) is 12.0 Å². The number of nitrogens with one attached hydrogen (secondary N) is 1. The second-order valence-electron chi connectivity index (χ2n) is 5.76. The maximum atomic E-state index is 12.2. The summed E-state index contributed by atoms with van der Waals surface area (Å²) in [7, 11) is -3.30. The van der Waals surface area contributed by atoms with Crippen molar-refractivity contribution >= 4 is 21.6 Å². The van der Waals surface area contributed by atoms with Gasteiger partial charge in [0.25, 0.3) is 5.91 Å². The molecule has 1 N–H and O–H groups in total. The first kappa shape index (κ1) is 17.7. The van der Waals surface area contributed by atoms with Crippen LogP contribution in [0.4, 0.5) is 5.69 Å². The lowest BCUT2D eigenvalue weighted by Crippen LogP contribution is -2.34. The van der Waals surface area contributed by atoms with Gasteiger partial charge in [-0.1, -0.05) is 0 Å². The molecule has 0 radical (unpaired) electrons. The lowest BCUT2D eigenvalue weighted by molar-refractivity contribution is 0.0944. The third-order valence-corrected chi connectivity index (χ3v) is 5.08. The quantitative estimate of drug-likeness (QED) is 0.764. The van der Waals surface area contributed by atoms with Crippen LogP contribution in [0.3, 0.4) is 0 Å². The van der Waals surface area contributed by atoms with Gasteiger partial charge in [-0.05, 0) is 50.5 Å². The number of ether oxygens (including phenoxy) is 1. The molecule has 1 atom stereocenters. The Hall–Kier alpha value is -1.60. The zero-order valence-electron chi connectivity index (χ0n) is 13.8. The molecule has 23 heavy (non-hydrogen) atoms. The average molecular weight is 340 g/mol. The van der Waals surface area contributed by atoms with Crippen LogP contribution in [0.5, 0.6) is 0 Å². The molecule has 6 nitrogen and oxygen atoms in total. The van der Waals surface area contributed by atoms with E-state index >= 15 is 0 Å². The number of benzene rings is 1. The molecule has 1 aliphatic heterocycles. The van der Waals surface area contributed by atoms with Crippen LogP contribution in [0, 0.1) is 0 Å². The highest BCUT2D eigenvalue weighted by atomic mass is 32.2. The van der Waals surface area contributed by atoms with Crippen molar-refractivity contribution in [3.05, 3.63) is 29.3 Å². The van der Waals surface area contributed by atoms with Crippen molar-refractivity contribution in [3.63, 3.8) is 0 Å². The molecular formula is C16H24N2O4S. The zero-order valence-corrected chi connectivity index (χ0v) is 14.6. The third kappa shape index (κ3) is 4.23. The summed E-state index contributed by atoms with van der Waals surface area (Å²) < 4.78 is 30.4. The highest BCUT2D eigenvalue weighted by Crippen LogP contribution is 2.34. The lowest BCUT2D eigenvalue weighted by atomic mass is 10.1. The molecule has 1 amide bonds. The SMILES string of the molecule is CCOCCCNC(=O)c1ccc2c(c1)C[C@@H](C)N2S(C)(=O)=O. The highest BCUT2D eigenvalue weighted by molar-refractivity contribution is 7.92. The van der Waals surface area contributed by atoms with E-state index < -0.39 is 10.0 Å². The Labute approximate surface area is 137 Å². The minimum Gasteiger partial charge on any atom is -0.382 e. The largest absolute Gasteiger partial charge is 0.382 e. The van der Waals surface area contributed by atoms with Gasteiger partial charge in [0.15, 0.2) is 0 Å². The topological polar surface area (TPSA) is 75.7 Å². The van der Waals surface area contributed by atoms with Gasteiger partial charge in [0.2, 0.25) is 10.0 Å². The number of amides is 1. The molecule has 7 heteroatoms. The van der Waals surface area contributed by atoms with Crippen LogP contribution >= 0.6 is 0 Å². The fraction of sp³-hybridized carbons (Fsp3) is 0.562. The van der Waals surface area contributed by atoms with E-state index in [9.17, 15) is 13.2 Å². The Balaban J connectivity index is 2.05. The molecule has 0 spiro atoms. The first-order valence-corrected chi connectivity index (χ1v) is 9.67. The normalized spacial score (nSPS) is 17.2. The molecule has 0 saturated heterocycles. The van der Waals surface area contributed by atoms with Gasteiger partial charge in [-0.25, -0.2) is 8.42 Å². The summed E-state index contributed by atoms with van der Waals surface area (Å²) in [6.07, 6.45) is 2.59. The van der Waals surface area contributed by atoms with Gasteiger partial charge in [0.1, 0.15) is 0 Å². The van der Waals surface area contributed by atoms with Crippen LogP contribution in [-0.4, -0.2) is 46.4 Å². The predicted octanol–water partition coefficient (Wildman–Crippen LogP) is 1.55. The smallest absolute Gasteiger partial charge is 0.251 e. The second-order valence-corrected chi connectivity index (χ2v) is 7.62. The van der Waals surface area contributed by atoms with Crippen molar-refractivity contribution in [1.29, 1.82) is 0 Å². The van der Waals surface area contributed by atoms with Gasteiger partial charge >= 0.3 is 0 Å². The number of carbonyl (C=O) groups is 1. The molecule has 0 bridgehead atoms. The summed E-state index contributed by atoms with van der Waals surface area (Å²) in [6.45, 7) is 5.66. The summed E-state index contributed by atoms with van der Waals surface area (Å²) >= 11 is 0. The van der Waals surface area contributed by atoms with Crippen molar-refractivity contribution in [2.24, 2.45) is 0 Å². The predicted molar refractivity (Wildman–Crippen MR) is 90.4 cm³/mol. The van der Waals surface area contributed by atoms with Crippen LogP contribution in [0.1, 0.15) is 36.2 Å². The standard InChI is InChI=1S/C16H24N2O4S/c1-4-22-9-5-8-17-16(19)13-6-7-15-14(11-13)10-12(2)18(15)23(3,20)21/h6-7,11-12H,4-5,8-10H2,1-3H3,(H,17,19)/t12-/m1/s1. The minimum absolute atomic E-state index is 0.121. The van der Waals surface area contributed by atoms with E-state index in [4.69, 9.17) is 4.74 Å². The zero-order chi connectivity index (χ0) is 17.0. The van der Waals surface area contributed by atoms with E-state index in [1.54, 1.807) is 18.2 Å². The molecule has 0 saturated carbocycles. The van der Waals surface area contributed by atoms with Crippen LogP contribution in [0.2, 0.25) is 0 Å². The van der Waals surface area contributed by atoms with Gasteiger partial charge < -0.3 is 10.1 Å². The van der Waals surface area contributed by atoms with Crippen LogP contribution in [0.15, 0.2) is 18.2 Å². The van der Waals surface area contributed by atoms with Crippen molar-refractivity contribution < 1.29 is 17.9 Å². The maximum absolute atomic E-state index is 12.2. The molecule has 0 aliphatic carbocycles. The van der Waals surface area contributed by atoms with E-state index in [0.29, 0.717) is 37.4 Å². The summed E-state index contributed by atoms with van der Waals surface area (Å²) in [4.78, 5) is 12.2. The monoisotopic (exact) mass is 340 g/mol. The number of nitrogens with zero attached hydrogens (tertiary/aromatic N) is 1. The Morgan fingerprint density at radius 1 is 1.43 bits per heavy atom. The number of rotatable bonds is 7. The number of fused-ring (bicyclic) bond motifs is 1. The number of hydrogen-bond donors (Lipinski definition) is 1. The van der Waals surface area contributed by atoms with Crippen molar-refractivity contribution in [2.45, 2.75) is 32.7 Å². The lowest BCUT2D eigenvalue weighted by Gasteiger charge is -2.21. The van der Waals surface area contributed by atoms with Gasteiger partial charge in [-0.3, -0.25) is 9.10 Å². The molecular weight excluding hydrogens is 316 g/mol. The number of sulfonamides is 1. The molecule has 0 fully saturated rings. The summed E-state index contributed by atoms with van der Waals surface area (Å²) in [5.41, 5.74) is 2.13. The first-order valence-electron chi connectivity index (χ1n) is 7.83. The second kappa shape index (κ2) is 7.31. The molecule has 1 aromatic carbocycles. The molecule has 0 aromatic heterocycles. The number of hydrogen-bond acceptors (Lipinski definition) is 4. The molecule has 2 rings (SSSR count). The number of carbonyl (C=O) groups excluding carboxylic acids is 1. The molecule has 1 heterocycles. The van der Waals surface area contributed by atoms with Crippen LogP contribution < -0.4 is 9.62 Å². The van der Waals surface area contributed by atoms with Gasteiger partial charge in [-0.15, -0.1) is 0 Å². The van der Waals surface area contributed by atoms with E-state index in [2.05, 4.69) is 5.32 Å². The molecule has 0 unspecified atom stereocenters. The van der Waals surface area contributed by atoms with Gasteiger partial charge in [0.05, 0.1) is 11.9 Å². The molecule has 1 aliphatic rings. The summed E-state index contributed by atoms with van der Waals surface area (Å²) in [5.74, 6) is -0.144. The van der Waals surface area contributed by atoms with Gasteiger partial charge in [0, 0.05) is 31.4 Å². The third-order valence-electron chi connectivity index (χ3n) is 3.81. The molecule has 128 valence electrons. The number of anilines is 1. The van der Waals surface area contributed by atoms with Gasteiger partial charge in [-0.2, -0.15) is 0 Å². The summed E-state index contributed by atoms with van der Waals surface area (Å²) in [5, 5.41) is 2.85. The Bertz CT molecular complexity index is 673. The van der Waals surface area contributed by atoms with E-state index in [1.807, 2.05) is 13.8 Å². The van der Waals surface area contributed by atoms with Crippen LogP contribution in [0.25, 0.3) is 0 Å². The molecule has 1 aromatic rings. The fourth-order valence-corrected chi connectivity index (χ4v) is 4.14. The Morgan fingerprint density at radius 3 is 2.83 bits per heavy atom. The van der Waals surface area contributed by atoms with Crippen molar-refractivity contribution in [3.8, 4) is 0 Å². The fourth-order valence-electron chi connectivity index (χ4n) is 2.87. The van der Waals surface area contributed by atoms with Crippen molar-refractivity contribution in [2.75, 3.05) is 30.3 Å². The Morgan fingerprint density at radius 2 is 2.17 bits per heavy atom. The highest BCUT2D eigenvalue weighted by Gasteiger charge is 2.32. The minimum atomic E-state index is -3.30. The van der Waals surface area contributed by atoms with E-state index in [1.165, 1.54) is 10.6 Å². The van der Waals surface area contributed by atoms with Crippen molar-refractivity contribution in [1.82, 2.24) is 5.32 Å².